The maximum atomic E-state index is 13.3. The lowest BCUT2D eigenvalue weighted by Gasteiger charge is -2.38. The lowest BCUT2D eigenvalue weighted by atomic mass is 9.77. The standard InChI is InChI=1S/C27H28N2O5S/c1-32-17-11-13-24(26(15-17)34-3)29-35(30,31)18-12-14-23-22(16-18)19-8-6-9-20(19)27(28-23)21-7-4-5-10-25(21)33-2/h4-8,10-16,19-20,27-29H,9H2,1-3H3/t19-,20+,27-/m0/s1. The second-order valence-electron chi connectivity index (χ2n) is 8.64. The van der Waals surface area contributed by atoms with Crippen LogP contribution < -0.4 is 24.2 Å². The van der Waals surface area contributed by atoms with Crippen molar-refractivity contribution in [3.63, 3.8) is 0 Å². The van der Waals surface area contributed by atoms with Crippen LogP contribution in [0.2, 0.25) is 0 Å². The van der Waals surface area contributed by atoms with Gasteiger partial charge >= 0.3 is 0 Å². The van der Waals surface area contributed by atoms with Crippen LogP contribution in [0.3, 0.4) is 0 Å². The zero-order valence-corrected chi connectivity index (χ0v) is 20.6. The van der Waals surface area contributed by atoms with E-state index in [2.05, 4.69) is 28.3 Å². The molecule has 0 spiro atoms. The molecule has 182 valence electrons. The van der Waals surface area contributed by atoms with Crippen molar-refractivity contribution in [2.45, 2.75) is 23.3 Å². The van der Waals surface area contributed by atoms with Crippen LogP contribution in [0.15, 0.2) is 77.7 Å². The number of rotatable bonds is 7. The fourth-order valence-electron chi connectivity index (χ4n) is 5.06. The number of nitrogens with one attached hydrogen (secondary N) is 2. The largest absolute Gasteiger partial charge is 0.497 e. The number of anilines is 2. The summed E-state index contributed by atoms with van der Waals surface area (Å²) in [4.78, 5) is 0.200. The summed E-state index contributed by atoms with van der Waals surface area (Å²) < 4.78 is 45.5. The number of para-hydroxylation sites is 1. The van der Waals surface area contributed by atoms with Crippen LogP contribution >= 0.6 is 0 Å². The predicted octanol–water partition coefficient (Wildman–Crippen LogP) is 5.34. The minimum atomic E-state index is -3.85. The fraction of sp³-hybridized carbons (Fsp3) is 0.259. The number of fused-ring (bicyclic) bond motifs is 3. The lowest BCUT2D eigenvalue weighted by molar-refractivity contribution is 0.381. The van der Waals surface area contributed by atoms with E-state index in [1.165, 1.54) is 7.11 Å². The highest BCUT2D eigenvalue weighted by Crippen LogP contribution is 2.51. The van der Waals surface area contributed by atoms with E-state index in [0.717, 1.165) is 29.0 Å². The van der Waals surface area contributed by atoms with Crippen LogP contribution in [-0.4, -0.2) is 29.7 Å². The molecule has 0 saturated heterocycles. The molecule has 0 bridgehead atoms. The van der Waals surface area contributed by atoms with E-state index >= 15 is 0 Å². The molecule has 0 amide bonds. The van der Waals surface area contributed by atoms with Gasteiger partial charge in [0.15, 0.2) is 0 Å². The van der Waals surface area contributed by atoms with Gasteiger partial charge in [-0.25, -0.2) is 8.42 Å². The average molecular weight is 493 g/mol. The van der Waals surface area contributed by atoms with Crippen molar-refractivity contribution in [2.75, 3.05) is 31.4 Å². The highest BCUT2D eigenvalue weighted by Gasteiger charge is 2.39. The number of ether oxygens (including phenoxy) is 3. The third-order valence-electron chi connectivity index (χ3n) is 6.77. The maximum Gasteiger partial charge on any atom is 0.262 e. The molecule has 1 aliphatic carbocycles. The van der Waals surface area contributed by atoms with E-state index in [-0.39, 0.29) is 22.8 Å². The van der Waals surface area contributed by atoms with Gasteiger partial charge in [0.2, 0.25) is 0 Å². The van der Waals surface area contributed by atoms with Crippen molar-refractivity contribution < 1.29 is 22.6 Å². The second-order valence-corrected chi connectivity index (χ2v) is 10.3. The van der Waals surface area contributed by atoms with Gasteiger partial charge in [-0.3, -0.25) is 4.72 Å². The Labute approximate surface area is 205 Å². The van der Waals surface area contributed by atoms with E-state index in [9.17, 15) is 8.42 Å². The van der Waals surface area contributed by atoms with Gasteiger partial charge in [-0.05, 0) is 54.3 Å². The minimum absolute atomic E-state index is 0.0581. The third kappa shape index (κ3) is 4.18. The number of sulfonamides is 1. The van der Waals surface area contributed by atoms with Gasteiger partial charge < -0.3 is 19.5 Å². The van der Waals surface area contributed by atoms with E-state index < -0.39 is 10.0 Å². The molecule has 5 rings (SSSR count). The average Bonchev–Trinajstić information content (AvgIpc) is 3.38. The molecule has 1 heterocycles. The molecule has 0 fully saturated rings. The molecule has 2 N–H and O–H groups in total. The Balaban J connectivity index is 1.49. The summed E-state index contributed by atoms with van der Waals surface area (Å²) in [5.74, 6) is 2.16. The number of methoxy groups -OCH3 is 3. The van der Waals surface area contributed by atoms with Gasteiger partial charge in [0.1, 0.15) is 17.2 Å². The molecule has 0 radical (unpaired) electrons. The molecule has 8 heteroatoms. The van der Waals surface area contributed by atoms with Gasteiger partial charge in [0, 0.05) is 23.2 Å². The molecule has 35 heavy (non-hydrogen) atoms. The Morgan fingerprint density at radius 3 is 2.46 bits per heavy atom. The Bertz CT molecular complexity index is 1390. The summed E-state index contributed by atoms with van der Waals surface area (Å²) in [5.41, 5.74) is 3.34. The predicted molar refractivity (Wildman–Crippen MR) is 136 cm³/mol. The van der Waals surface area contributed by atoms with Gasteiger partial charge in [-0.1, -0.05) is 30.4 Å². The van der Waals surface area contributed by atoms with Crippen molar-refractivity contribution in [3.05, 3.63) is 83.9 Å². The van der Waals surface area contributed by atoms with Crippen molar-refractivity contribution in [2.24, 2.45) is 5.92 Å². The Morgan fingerprint density at radius 1 is 0.886 bits per heavy atom. The van der Waals surface area contributed by atoms with Crippen LogP contribution in [0.25, 0.3) is 0 Å². The molecule has 3 aromatic carbocycles. The number of hydrogen-bond acceptors (Lipinski definition) is 6. The summed E-state index contributed by atoms with van der Waals surface area (Å²) in [5, 5.41) is 3.65. The summed E-state index contributed by atoms with van der Waals surface area (Å²) in [6.45, 7) is 0. The molecule has 3 aromatic rings. The van der Waals surface area contributed by atoms with Gasteiger partial charge in [-0.2, -0.15) is 0 Å². The lowest BCUT2D eigenvalue weighted by Crippen LogP contribution is -2.29. The second kappa shape index (κ2) is 9.19. The molecule has 0 unspecified atom stereocenters. The molecular formula is C27H28N2O5S. The number of allylic oxidation sites excluding steroid dienone is 2. The van der Waals surface area contributed by atoms with Crippen molar-refractivity contribution in [1.29, 1.82) is 0 Å². The SMILES string of the molecule is COc1ccc(NS(=O)(=O)c2ccc3c(c2)[C@H]2C=CC[C@H]2[C@@H](c2ccccc2OC)N3)c(OC)c1. The molecule has 3 atom stereocenters. The molecule has 2 aliphatic rings. The molecular weight excluding hydrogens is 464 g/mol. The van der Waals surface area contributed by atoms with Crippen LogP contribution in [0, 0.1) is 5.92 Å². The van der Waals surface area contributed by atoms with Crippen molar-refractivity contribution >= 4 is 21.4 Å². The Kier molecular flexibility index (Phi) is 6.06. The number of hydrogen-bond donors (Lipinski definition) is 2. The maximum absolute atomic E-state index is 13.3. The number of benzene rings is 3. The van der Waals surface area contributed by atoms with Gasteiger partial charge in [0.25, 0.3) is 10.0 Å². The third-order valence-corrected chi connectivity index (χ3v) is 8.13. The summed E-state index contributed by atoms with van der Waals surface area (Å²) in [6.07, 6.45) is 5.26. The minimum Gasteiger partial charge on any atom is -0.497 e. The molecule has 0 saturated carbocycles. The molecule has 1 aliphatic heterocycles. The summed E-state index contributed by atoms with van der Waals surface area (Å²) in [6, 6.07) is 18.3. The van der Waals surface area contributed by atoms with Gasteiger partial charge in [-0.15, -0.1) is 0 Å². The fourth-order valence-corrected chi connectivity index (χ4v) is 6.16. The van der Waals surface area contributed by atoms with Crippen LogP contribution in [0.1, 0.15) is 29.5 Å². The van der Waals surface area contributed by atoms with E-state index in [4.69, 9.17) is 14.2 Å². The van der Waals surface area contributed by atoms with Crippen LogP contribution in [0.5, 0.6) is 17.2 Å². The molecule has 0 aromatic heterocycles. The van der Waals surface area contributed by atoms with Gasteiger partial charge in [0.05, 0.1) is 38.0 Å². The van der Waals surface area contributed by atoms with E-state index in [0.29, 0.717) is 17.2 Å². The zero-order chi connectivity index (χ0) is 24.6. The van der Waals surface area contributed by atoms with Crippen LogP contribution in [-0.2, 0) is 10.0 Å². The highest BCUT2D eigenvalue weighted by molar-refractivity contribution is 7.92. The summed E-state index contributed by atoms with van der Waals surface area (Å²) in [7, 11) is 0.868. The zero-order valence-electron chi connectivity index (χ0n) is 19.8. The van der Waals surface area contributed by atoms with Crippen LogP contribution in [0.4, 0.5) is 11.4 Å². The molecule has 7 nitrogen and oxygen atoms in total. The first-order chi connectivity index (χ1) is 16.9. The quantitative estimate of drug-likeness (QED) is 0.433. The normalized spacial score (nSPS) is 20.4. The Morgan fingerprint density at radius 2 is 1.69 bits per heavy atom. The topological polar surface area (TPSA) is 85.9 Å². The van der Waals surface area contributed by atoms with E-state index in [1.807, 2.05) is 24.3 Å². The van der Waals surface area contributed by atoms with Crippen molar-refractivity contribution in [3.8, 4) is 17.2 Å². The first-order valence-electron chi connectivity index (χ1n) is 11.4. The first kappa shape index (κ1) is 23.1. The monoisotopic (exact) mass is 492 g/mol. The van der Waals surface area contributed by atoms with Crippen molar-refractivity contribution in [1.82, 2.24) is 0 Å². The first-order valence-corrected chi connectivity index (χ1v) is 12.9. The highest BCUT2D eigenvalue weighted by atomic mass is 32.2. The Hall–Kier alpha value is -3.65. The van der Waals surface area contributed by atoms with E-state index in [1.54, 1.807) is 44.6 Å². The smallest absolute Gasteiger partial charge is 0.262 e. The summed E-state index contributed by atoms with van der Waals surface area (Å²) >= 11 is 0.